The summed E-state index contributed by atoms with van der Waals surface area (Å²) in [6, 6.07) is 3.67. The minimum atomic E-state index is -0.334. The Bertz CT molecular complexity index is 377. The SMILES string of the molecule is CCOC(=O)c1ccc2c(n1)CCNC2. The molecule has 0 fully saturated rings. The summed E-state index contributed by atoms with van der Waals surface area (Å²) >= 11 is 0. The van der Waals surface area contributed by atoms with Gasteiger partial charge in [0.2, 0.25) is 0 Å². The molecule has 1 aliphatic heterocycles. The highest BCUT2D eigenvalue weighted by Gasteiger charge is 2.14. The van der Waals surface area contributed by atoms with Crippen LogP contribution in [0.25, 0.3) is 0 Å². The standard InChI is InChI=1S/C11H14N2O2/c1-2-15-11(14)10-4-3-8-7-12-6-5-9(8)13-10/h3-4,12H,2,5-7H2,1H3. The first kappa shape index (κ1) is 10.1. The largest absolute Gasteiger partial charge is 0.461 e. The minimum Gasteiger partial charge on any atom is -0.461 e. The Labute approximate surface area is 88.7 Å². The van der Waals surface area contributed by atoms with Crippen LogP contribution in [0.2, 0.25) is 0 Å². The molecule has 0 aliphatic carbocycles. The molecule has 2 heterocycles. The first-order valence-electron chi connectivity index (χ1n) is 5.18. The Kier molecular flexibility index (Phi) is 2.97. The molecule has 4 nitrogen and oxygen atoms in total. The smallest absolute Gasteiger partial charge is 0.356 e. The van der Waals surface area contributed by atoms with Crippen LogP contribution < -0.4 is 5.32 Å². The predicted molar refractivity (Wildman–Crippen MR) is 55.6 cm³/mol. The molecule has 1 aromatic rings. The Balaban J connectivity index is 2.24. The number of carbonyl (C=O) groups excluding carboxylic acids is 1. The monoisotopic (exact) mass is 206 g/mol. The summed E-state index contributed by atoms with van der Waals surface area (Å²) in [5.74, 6) is -0.334. The molecule has 0 saturated carbocycles. The van der Waals surface area contributed by atoms with Crippen molar-refractivity contribution in [2.75, 3.05) is 13.2 Å². The lowest BCUT2D eigenvalue weighted by Gasteiger charge is -2.16. The van der Waals surface area contributed by atoms with Crippen molar-refractivity contribution in [3.8, 4) is 0 Å². The molecule has 1 aliphatic rings. The van der Waals surface area contributed by atoms with Gasteiger partial charge in [-0.2, -0.15) is 0 Å². The van der Waals surface area contributed by atoms with Gasteiger partial charge in [-0.25, -0.2) is 9.78 Å². The summed E-state index contributed by atoms with van der Waals surface area (Å²) in [5, 5.41) is 3.26. The van der Waals surface area contributed by atoms with Gasteiger partial charge in [0.05, 0.1) is 6.61 Å². The zero-order valence-electron chi connectivity index (χ0n) is 8.75. The maximum Gasteiger partial charge on any atom is 0.356 e. The molecule has 0 unspecified atom stereocenters. The van der Waals surface area contributed by atoms with E-state index in [4.69, 9.17) is 4.74 Å². The zero-order chi connectivity index (χ0) is 10.7. The molecule has 1 N–H and O–H groups in total. The van der Waals surface area contributed by atoms with E-state index in [1.54, 1.807) is 13.0 Å². The van der Waals surface area contributed by atoms with Gasteiger partial charge in [-0.1, -0.05) is 6.07 Å². The number of hydrogen-bond acceptors (Lipinski definition) is 4. The number of fused-ring (bicyclic) bond motifs is 1. The van der Waals surface area contributed by atoms with E-state index in [1.165, 1.54) is 5.56 Å². The third-order valence-corrected chi connectivity index (χ3v) is 2.41. The van der Waals surface area contributed by atoms with Gasteiger partial charge in [-0.05, 0) is 18.6 Å². The van der Waals surface area contributed by atoms with E-state index in [-0.39, 0.29) is 5.97 Å². The van der Waals surface area contributed by atoms with Crippen LogP contribution in [0, 0.1) is 0 Å². The number of esters is 1. The fraction of sp³-hybridized carbons (Fsp3) is 0.455. The molecule has 0 amide bonds. The van der Waals surface area contributed by atoms with Crippen LogP contribution in [-0.2, 0) is 17.7 Å². The highest BCUT2D eigenvalue weighted by atomic mass is 16.5. The summed E-state index contributed by atoms with van der Waals surface area (Å²) < 4.78 is 4.90. The molecular formula is C11H14N2O2. The van der Waals surface area contributed by atoms with Crippen molar-refractivity contribution in [2.24, 2.45) is 0 Å². The summed E-state index contributed by atoms with van der Waals surface area (Å²) in [7, 11) is 0. The highest BCUT2D eigenvalue weighted by Crippen LogP contribution is 2.12. The minimum absolute atomic E-state index is 0.334. The number of nitrogens with zero attached hydrogens (tertiary/aromatic N) is 1. The van der Waals surface area contributed by atoms with Crippen molar-refractivity contribution in [1.82, 2.24) is 10.3 Å². The van der Waals surface area contributed by atoms with Gasteiger partial charge >= 0.3 is 5.97 Å². The van der Waals surface area contributed by atoms with Crippen LogP contribution in [0.15, 0.2) is 12.1 Å². The molecular weight excluding hydrogens is 192 g/mol. The van der Waals surface area contributed by atoms with Crippen molar-refractivity contribution in [2.45, 2.75) is 19.9 Å². The van der Waals surface area contributed by atoms with E-state index >= 15 is 0 Å². The van der Waals surface area contributed by atoms with Crippen molar-refractivity contribution in [3.63, 3.8) is 0 Å². The number of ether oxygens (including phenoxy) is 1. The van der Waals surface area contributed by atoms with E-state index in [0.717, 1.165) is 25.2 Å². The normalized spacial score (nSPS) is 14.5. The summed E-state index contributed by atoms with van der Waals surface area (Å²) in [6.07, 6.45) is 0.878. The van der Waals surface area contributed by atoms with Crippen LogP contribution in [0.1, 0.15) is 28.7 Å². The van der Waals surface area contributed by atoms with E-state index in [9.17, 15) is 4.79 Å². The van der Waals surface area contributed by atoms with Gasteiger partial charge in [0.15, 0.2) is 0 Å². The number of hydrogen-bond donors (Lipinski definition) is 1. The molecule has 0 atom stereocenters. The van der Waals surface area contributed by atoms with Gasteiger partial charge in [-0.15, -0.1) is 0 Å². The number of carbonyl (C=O) groups is 1. The van der Waals surface area contributed by atoms with Crippen LogP contribution in [0.5, 0.6) is 0 Å². The lowest BCUT2D eigenvalue weighted by Crippen LogP contribution is -2.25. The summed E-state index contributed by atoms with van der Waals surface area (Å²) in [6.45, 7) is 3.94. The highest BCUT2D eigenvalue weighted by molar-refractivity contribution is 5.87. The third-order valence-electron chi connectivity index (χ3n) is 2.41. The van der Waals surface area contributed by atoms with Gasteiger partial charge in [0, 0.05) is 25.2 Å². The average molecular weight is 206 g/mol. The lowest BCUT2D eigenvalue weighted by molar-refractivity contribution is 0.0519. The average Bonchev–Trinajstić information content (AvgIpc) is 2.29. The van der Waals surface area contributed by atoms with Gasteiger partial charge in [0.25, 0.3) is 0 Å². The van der Waals surface area contributed by atoms with Crippen LogP contribution >= 0.6 is 0 Å². The van der Waals surface area contributed by atoms with Crippen molar-refractivity contribution in [3.05, 3.63) is 29.1 Å². The van der Waals surface area contributed by atoms with Crippen LogP contribution in [0.3, 0.4) is 0 Å². The molecule has 4 heteroatoms. The summed E-state index contributed by atoms with van der Waals surface area (Å²) in [5.41, 5.74) is 2.60. The number of nitrogens with one attached hydrogen (secondary N) is 1. The predicted octanol–water partition coefficient (Wildman–Crippen LogP) is 0.904. The maximum absolute atomic E-state index is 11.4. The first-order valence-corrected chi connectivity index (χ1v) is 5.18. The lowest BCUT2D eigenvalue weighted by atomic mass is 10.1. The van der Waals surface area contributed by atoms with E-state index < -0.39 is 0 Å². The van der Waals surface area contributed by atoms with Crippen LogP contribution in [0.4, 0.5) is 0 Å². The Morgan fingerprint density at radius 2 is 2.47 bits per heavy atom. The fourth-order valence-electron chi connectivity index (χ4n) is 1.66. The fourth-order valence-corrected chi connectivity index (χ4v) is 1.66. The molecule has 0 bridgehead atoms. The Morgan fingerprint density at radius 1 is 1.60 bits per heavy atom. The second kappa shape index (κ2) is 4.40. The van der Waals surface area contributed by atoms with Crippen molar-refractivity contribution >= 4 is 5.97 Å². The molecule has 0 radical (unpaired) electrons. The second-order valence-electron chi connectivity index (χ2n) is 3.45. The number of aromatic nitrogens is 1. The molecule has 80 valence electrons. The summed E-state index contributed by atoms with van der Waals surface area (Å²) in [4.78, 5) is 15.7. The van der Waals surface area contributed by atoms with E-state index in [2.05, 4.69) is 10.3 Å². The first-order chi connectivity index (χ1) is 7.31. The zero-order valence-corrected chi connectivity index (χ0v) is 8.75. The Morgan fingerprint density at radius 3 is 3.27 bits per heavy atom. The number of pyridine rings is 1. The molecule has 2 rings (SSSR count). The van der Waals surface area contributed by atoms with E-state index in [0.29, 0.717) is 12.3 Å². The van der Waals surface area contributed by atoms with Crippen molar-refractivity contribution < 1.29 is 9.53 Å². The Hall–Kier alpha value is -1.42. The van der Waals surface area contributed by atoms with E-state index in [1.807, 2.05) is 6.07 Å². The third kappa shape index (κ3) is 2.15. The molecule has 15 heavy (non-hydrogen) atoms. The van der Waals surface area contributed by atoms with Gasteiger partial charge in [-0.3, -0.25) is 0 Å². The van der Waals surface area contributed by atoms with Crippen molar-refractivity contribution in [1.29, 1.82) is 0 Å². The van der Waals surface area contributed by atoms with Crippen LogP contribution in [-0.4, -0.2) is 24.1 Å². The molecule has 0 aromatic carbocycles. The molecule has 1 aromatic heterocycles. The maximum atomic E-state index is 11.4. The topological polar surface area (TPSA) is 51.2 Å². The molecule has 0 spiro atoms. The number of rotatable bonds is 2. The van der Waals surface area contributed by atoms with Gasteiger partial charge in [0.1, 0.15) is 5.69 Å². The van der Waals surface area contributed by atoms with Gasteiger partial charge < -0.3 is 10.1 Å². The quantitative estimate of drug-likeness (QED) is 0.730. The molecule has 0 saturated heterocycles. The second-order valence-corrected chi connectivity index (χ2v) is 3.45.